The molecule has 2 aromatic rings. The molecule has 0 saturated heterocycles. The molecule has 6 heteroatoms. The molecule has 0 bridgehead atoms. The monoisotopic (exact) mass is 398 g/mol. The quantitative estimate of drug-likeness (QED) is 0.718. The summed E-state index contributed by atoms with van der Waals surface area (Å²) < 4.78 is 1.72. The van der Waals surface area contributed by atoms with Gasteiger partial charge in [0.05, 0.1) is 6.61 Å². The van der Waals surface area contributed by atoms with E-state index >= 15 is 0 Å². The minimum absolute atomic E-state index is 0.126. The largest absolute Gasteiger partial charge is 0.392 e. The number of hydrogen-bond acceptors (Lipinski definition) is 2. The van der Waals surface area contributed by atoms with Gasteiger partial charge in [0.2, 0.25) is 0 Å². The number of amides is 2. The van der Waals surface area contributed by atoms with Crippen LogP contribution in [-0.2, 0) is 6.61 Å². The number of urea groups is 1. The van der Waals surface area contributed by atoms with Crippen LogP contribution < -0.4 is 10.6 Å². The molecule has 2 rings (SSSR count). The molecule has 3 N–H and O–H groups in total. The van der Waals surface area contributed by atoms with Crippen molar-refractivity contribution in [3.05, 3.63) is 57.0 Å². The number of para-hydroxylation sites is 1. The van der Waals surface area contributed by atoms with Crippen molar-refractivity contribution >= 4 is 49.3 Å². The highest BCUT2D eigenvalue weighted by molar-refractivity contribution is 9.11. The van der Waals surface area contributed by atoms with Crippen LogP contribution in [0.25, 0.3) is 0 Å². The molecule has 0 aromatic heterocycles. The fourth-order valence-electron chi connectivity index (χ4n) is 1.69. The number of halogens is 2. The van der Waals surface area contributed by atoms with Gasteiger partial charge in [-0.1, -0.05) is 50.1 Å². The Labute approximate surface area is 133 Å². The lowest BCUT2D eigenvalue weighted by Crippen LogP contribution is -2.20. The van der Waals surface area contributed by atoms with Gasteiger partial charge in [0, 0.05) is 25.9 Å². The summed E-state index contributed by atoms with van der Waals surface area (Å²) in [5.41, 5.74) is 1.91. The fourth-order valence-corrected chi connectivity index (χ4v) is 2.98. The minimum atomic E-state index is -0.365. The Morgan fingerprint density at radius 3 is 2.35 bits per heavy atom. The molecule has 20 heavy (non-hydrogen) atoms. The van der Waals surface area contributed by atoms with E-state index in [-0.39, 0.29) is 12.6 Å². The van der Waals surface area contributed by atoms with Gasteiger partial charge < -0.3 is 15.7 Å². The van der Waals surface area contributed by atoms with E-state index in [1.807, 2.05) is 6.07 Å². The molecular formula is C14H12Br2N2O2. The van der Waals surface area contributed by atoms with E-state index < -0.39 is 0 Å². The molecular weight excluding hydrogens is 388 g/mol. The molecule has 0 aliphatic heterocycles. The van der Waals surface area contributed by atoms with Gasteiger partial charge >= 0.3 is 6.03 Å². The third kappa shape index (κ3) is 4.06. The smallest absolute Gasteiger partial charge is 0.323 e. The molecule has 2 amide bonds. The summed E-state index contributed by atoms with van der Waals surface area (Å²) in [4.78, 5) is 11.9. The lowest BCUT2D eigenvalue weighted by atomic mass is 10.2. The third-order valence-corrected chi connectivity index (χ3v) is 3.47. The summed E-state index contributed by atoms with van der Waals surface area (Å²) in [6.45, 7) is -0.126. The van der Waals surface area contributed by atoms with Gasteiger partial charge in [0.15, 0.2) is 0 Å². The van der Waals surface area contributed by atoms with Gasteiger partial charge in [0.25, 0.3) is 0 Å². The SMILES string of the molecule is O=C(Nc1cc(Br)cc(Br)c1)Nc1ccccc1CO. The first kappa shape index (κ1) is 15.0. The molecule has 0 fully saturated rings. The van der Waals surface area contributed by atoms with Gasteiger partial charge in [0.1, 0.15) is 0 Å². The number of benzene rings is 2. The average Bonchev–Trinajstić information content (AvgIpc) is 2.37. The first-order chi connectivity index (χ1) is 9.58. The number of anilines is 2. The molecule has 0 radical (unpaired) electrons. The Kier molecular flexibility index (Phi) is 5.17. The van der Waals surface area contributed by atoms with Crippen LogP contribution in [0.1, 0.15) is 5.56 Å². The second-order valence-electron chi connectivity index (χ2n) is 4.05. The van der Waals surface area contributed by atoms with Crippen LogP contribution in [0.4, 0.5) is 16.2 Å². The first-order valence-electron chi connectivity index (χ1n) is 5.81. The van der Waals surface area contributed by atoms with Crippen LogP contribution >= 0.6 is 31.9 Å². The van der Waals surface area contributed by atoms with Crippen molar-refractivity contribution in [1.82, 2.24) is 0 Å². The molecule has 0 saturated carbocycles. The summed E-state index contributed by atoms with van der Waals surface area (Å²) in [5, 5.41) is 14.6. The lowest BCUT2D eigenvalue weighted by molar-refractivity contribution is 0.262. The highest BCUT2D eigenvalue weighted by Gasteiger charge is 2.07. The van der Waals surface area contributed by atoms with Crippen LogP contribution in [0.15, 0.2) is 51.4 Å². The molecule has 0 spiro atoms. The van der Waals surface area contributed by atoms with E-state index in [1.54, 1.807) is 36.4 Å². The highest BCUT2D eigenvalue weighted by atomic mass is 79.9. The summed E-state index contributed by atoms with van der Waals surface area (Å²) in [6.07, 6.45) is 0. The number of aliphatic hydroxyl groups is 1. The van der Waals surface area contributed by atoms with E-state index in [1.165, 1.54) is 0 Å². The lowest BCUT2D eigenvalue weighted by Gasteiger charge is -2.11. The first-order valence-corrected chi connectivity index (χ1v) is 7.40. The number of carbonyl (C=O) groups is 1. The Bertz CT molecular complexity index is 612. The van der Waals surface area contributed by atoms with Crippen molar-refractivity contribution in [2.75, 3.05) is 10.6 Å². The molecule has 4 nitrogen and oxygen atoms in total. The Hall–Kier alpha value is -1.37. The maximum absolute atomic E-state index is 11.9. The topological polar surface area (TPSA) is 61.4 Å². The third-order valence-electron chi connectivity index (χ3n) is 2.56. The zero-order valence-corrected chi connectivity index (χ0v) is 13.5. The molecule has 0 unspecified atom stereocenters. The maximum Gasteiger partial charge on any atom is 0.323 e. The fraction of sp³-hybridized carbons (Fsp3) is 0.0714. The zero-order chi connectivity index (χ0) is 14.5. The van der Waals surface area contributed by atoms with E-state index in [2.05, 4.69) is 42.5 Å². The second kappa shape index (κ2) is 6.88. The molecule has 0 aliphatic carbocycles. The number of rotatable bonds is 3. The molecule has 0 atom stereocenters. The van der Waals surface area contributed by atoms with Crippen molar-refractivity contribution in [3.63, 3.8) is 0 Å². The van der Waals surface area contributed by atoms with Gasteiger partial charge in [-0.25, -0.2) is 4.79 Å². The van der Waals surface area contributed by atoms with Crippen LogP contribution in [0.2, 0.25) is 0 Å². The van der Waals surface area contributed by atoms with Crippen LogP contribution in [0, 0.1) is 0 Å². The molecule has 0 heterocycles. The normalized spacial score (nSPS) is 10.2. The summed E-state index contributed by atoms with van der Waals surface area (Å²) in [7, 11) is 0. The predicted molar refractivity (Wildman–Crippen MR) is 86.8 cm³/mol. The van der Waals surface area contributed by atoms with Gasteiger partial charge in [-0.15, -0.1) is 0 Å². The van der Waals surface area contributed by atoms with E-state index in [4.69, 9.17) is 0 Å². The van der Waals surface area contributed by atoms with Crippen molar-refractivity contribution in [2.24, 2.45) is 0 Å². The summed E-state index contributed by atoms with van der Waals surface area (Å²) in [6, 6.07) is 12.2. The van der Waals surface area contributed by atoms with Crippen LogP contribution in [0.3, 0.4) is 0 Å². The standard InChI is InChI=1S/C14H12Br2N2O2/c15-10-5-11(16)7-12(6-10)17-14(20)18-13-4-2-1-3-9(13)8-19/h1-7,19H,8H2,(H2,17,18,20). The van der Waals surface area contributed by atoms with Crippen molar-refractivity contribution in [1.29, 1.82) is 0 Å². The number of hydrogen-bond donors (Lipinski definition) is 3. The average molecular weight is 400 g/mol. The zero-order valence-electron chi connectivity index (χ0n) is 10.4. The van der Waals surface area contributed by atoms with Gasteiger partial charge in [-0.2, -0.15) is 0 Å². The van der Waals surface area contributed by atoms with E-state index in [0.29, 0.717) is 16.9 Å². The molecule has 0 aliphatic rings. The Morgan fingerprint density at radius 1 is 1.05 bits per heavy atom. The van der Waals surface area contributed by atoms with E-state index in [0.717, 1.165) is 8.95 Å². The van der Waals surface area contributed by atoms with Crippen molar-refractivity contribution in [2.45, 2.75) is 6.61 Å². The van der Waals surface area contributed by atoms with Crippen LogP contribution in [0.5, 0.6) is 0 Å². The number of aliphatic hydroxyl groups excluding tert-OH is 1. The second-order valence-corrected chi connectivity index (χ2v) is 5.88. The summed E-state index contributed by atoms with van der Waals surface area (Å²) >= 11 is 6.72. The van der Waals surface area contributed by atoms with Crippen molar-refractivity contribution in [3.8, 4) is 0 Å². The van der Waals surface area contributed by atoms with Gasteiger partial charge in [-0.3, -0.25) is 0 Å². The van der Waals surface area contributed by atoms with Crippen molar-refractivity contribution < 1.29 is 9.90 Å². The van der Waals surface area contributed by atoms with E-state index in [9.17, 15) is 9.90 Å². The molecule has 104 valence electrons. The Morgan fingerprint density at radius 2 is 1.70 bits per heavy atom. The molecule has 2 aromatic carbocycles. The highest BCUT2D eigenvalue weighted by Crippen LogP contribution is 2.23. The van der Waals surface area contributed by atoms with Crippen LogP contribution in [-0.4, -0.2) is 11.1 Å². The Balaban J connectivity index is 2.09. The van der Waals surface area contributed by atoms with Gasteiger partial charge in [-0.05, 0) is 24.3 Å². The maximum atomic E-state index is 11.9. The number of nitrogens with one attached hydrogen (secondary N) is 2. The summed E-state index contributed by atoms with van der Waals surface area (Å²) in [5.74, 6) is 0. The number of carbonyl (C=O) groups excluding carboxylic acids is 1. The minimum Gasteiger partial charge on any atom is -0.392 e. The predicted octanol–water partition coefficient (Wildman–Crippen LogP) is 4.35.